The minimum Gasteiger partial charge on any atom is -0.325 e. The molecule has 1 aromatic carbocycles. The summed E-state index contributed by atoms with van der Waals surface area (Å²) < 4.78 is 13.5. The predicted octanol–water partition coefficient (Wildman–Crippen LogP) is 2.75. The maximum Gasteiger partial charge on any atom is 0.238 e. The number of rotatable bonds is 2. The third-order valence-electron chi connectivity index (χ3n) is 1.78. The van der Waals surface area contributed by atoms with E-state index < -0.39 is 11.7 Å². The van der Waals surface area contributed by atoms with E-state index in [9.17, 15) is 9.18 Å². The molecule has 0 saturated heterocycles. The highest BCUT2D eigenvalue weighted by atomic mass is 79.9. The molecule has 0 aliphatic rings. The highest BCUT2D eigenvalue weighted by Gasteiger charge is 2.07. The van der Waals surface area contributed by atoms with Crippen molar-refractivity contribution in [3.05, 3.63) is 28.0 Å². The van der Waals surface area contributed by atoms with Crippen molar-refractivity contribution in [1.82, 2.24) is 0 Å². The molecule has 1 aromatic rings. The molecule has 0 unspecified atom stereocenters. The maximum atomic E-state index is 13.1. The van der Waals surface area contributed by atoms with E-state index in [2.05, 4.69) is 21.2 Å². The molecule has 5 heteroatoms. The maximum absolute atomic E-state index is 13.1. The molecule has 0 radical (unpaired) electrons. The summed E-state index contributed by atoms with van der Waals surface area (Å²) in [6, 6.07) is 4.50. The van der Waals surface area contributed by atoms with Gasteiger partial charge < -0.3 is 5.32 Å². The van der Waals surface area contributed by atoms with Crippen molar-refractivity contribution in [2.45, 2.75) is 13.3 Å². The van der Waals surface area contributed by atoms with Gasteiger partial charge in [0.2, 0.25) is 5.91 Å². The van der Waals surface area contributed by atoms with Crippen LogP contribution >= 0.6 is 15.9 Å². The van der Waals surface area contributed by atoms with Crippen LogP contribution in [-0.4, -0.2) is 5.91 Å². The lowest BCUT2D eigenvalue weighted by Crippen LogP contribution is -2.11. The number of anilines is 1. The van der Waals surface area contributed by atoms with Gasteiger partial charge in [0.05, 0.1) is 10.5 Å². The lowest BCUT2D eigenvalue weighted by molar-refractivity contribution is -0.115. The fourth-order valence-corrected chi connectivity index (χ4v) is 1.50. The second-order valence-corrected chi connectivity index (χ2v) is 3.82. The molecule has 0 aromatic heterocycles. The molecule has 15 heavy (non-hydrogen) atoms. The number of hydrogen-bond donors (Lipinski definition) is 1. The van der Waals surface area contributed by atoms with E-state index in [1.54, 1.807) is 19.1 Å². The van der Waals surface area contributed by atoms with Crippen molar-refractivity contribution in [3.8, 4) is 6.07 Å². The molecule has 3 nitrogen and oxygen atoms in total. The Morgan fingerprint density at radius 1 is 1.67 bits per heavy atom. The van der Waals surface area contributed by atoms with E-state index in [1.807, 2.05) is 0 Å². The minimum atomic E-state index is -0.451. The zero-order valence-electron chi connectivity index (χ0n) is 7.97. The monoisotopic (exact) mass is 270 g/mol. The van der Waals surface area contributed by atoms with E-state index in [1.165, 1.54) is 6.07 Å². The van der Waals surface area contributed by atoms with Crippen LogP contribution < -0.4 is 5.32 Å². The molecule has 0 saturated carbocycles. The largest absolute Gasteiger partial charge is 0.325 e. The minimum absolute atomic E-state index is 0.239. The molecule has 0 spiro atoms. The van der Waals surface area contributed by atoms with Crippen LogP contribution in [0.2, 0.25) is 0 Å². The number of halogens is 2. The normalized spacial score (nSPS) is 9.47. The van der Waals surface area contributed by atoms with E-state index in [-0.39, 0.29) is 6.42 Å². The molecular weight excluding hydrogens is 263 g/mol. The van der Waals surface area contributed by atoms with Crippen LogP contribution in [0, 0.1) is 24.1 Å². The summed E-state index contributed by atoms with van der Waals surface area (Å²) in [7, 11) is 0. The van der Waals surface area contributed by atoms with Crippen LogP contribution in [0.25, 0.3) is 0 Å². The average molecular weight is 271 g/mol. The number of aryl methyl sites for hydroxylation is 1. The van der Waals surface area contributed by atoms with Gasteiger partial charge >= 0.3 is 0 Å². The summed E-state index contributed by atoms with van der Waals surface area (Å²) in [6.07, 6.45) is -0.239. The summed E-state index contributed by atoms with van der Waals surface area (Å²) in [5.41, 5.74) is 1.12. The zero-order valence-corrected chi connectivity index (χ0v) is 9.56. The van der Waals surface area contributed by atoms with Crippen molar-refractivity contribution >= 4 is 27.5 Å². The third-order valence-corrected chi connectivity index (χ3v) is 2.39. The van der Waals surface area contributed by atoms with Crippen LogP contribution in [0.15, 0.2) is 16.6 Å². The number of amides is 1. The SMILES string of the molecule is Cc1cc(Br)c(F)cc1NC(=O)CC#N. The first kappa shape index (κ1) is 11.7. The molecule has 1 N–H and O–H groups in total. The molecular formula is C10H8BrFN2O. The Balaban J connectivity index is 2.92. The average Bonchev–Trinajstić information content (AvgIpc) is 2.14. The second kappa shape index (κ2) is 4.89. The predicted molar refractivity (Wildman–Crippen MR) is 57.7 cm³/mol. The standard InChI is InChI=1S/C10H8BrFN2O/c1-6-4-7(11)8(12)5-9(6)14-10(15)2-3-13/h4-5H,2H2,1H3,(H,14,15). The Morgan fingerprint density at radius 3 is 2.93 bits per heavy atom. The Kier molecular flexibility index (Phi) is 3.81. The molecule has 0 heterocycles. The van der Waals surface area contributed by atoms with Crippen LogP contribution in [0.4, 0.5) is 10.1 Å². The van der Waals surface area contributed by atoms with Gasteiger partial charge in [0.15, 0.2) is 0 Å². The van der Waals surface area contributed by atoms with Crippen LogP contribution in [-0.2, 0) is 4.79 Å². The number of carbonyl (C=O) groups excluding carboxylic acids is 1. The summed E-state index contributed by atoms with van der Waals surface area (Å²) >= 11 is 3.04. The van der Waals surface area contributed by atoms with Gasteiger partial charge in [0.25, 0.3) is 0 Å². The number of carbonyl (C=O) groups is 1. The number of nitrogens with zero attached hydrogens (tertiary/aromatic N) is 1. The Labute approximate surface area is 95.0 Å². The quantitative estimate of drug-likeness (QED) is 0.899. The molecule has 0 aliphatic carbocycles. The van der Waals surface area contributed by atoms with Crippen LogP contribution in [0.3, 0.4) is 0 Å². The summed E-state index contributed by atoms with van der Waals surface area (Å²) in [5.74, 6) is -0.893. The number of nitriles is 1. The lowest BCUT2D eigenvalue weighted by Gasteiger charge is -2.07. The van der Waals surface area contributed by atoms with Crippen molar-refractivity contribution in [1.29, 1.82) is 5.26 Å². The molecule has 0 atom stereocenters. The number of nitrogens with one attached hydrogen (secondary N) is 1. The van der Waals surface area contributed by atoms with E-state index >= 15 is 0 Å². The molecule has 0 fully saturated rings. The number of benzene rings is 1. The highest BCUT2D eigenvalue weighted by molar-refractivity contribution is 9.10. The highest BCUT2D eigenvalue weighted by Crippen LogP contribution is 2.23. The lowest BCUT2D eigenvalue weighted by atomic mass is 10.2. The second-order valence-electron chi connectivity index (χ2n) is 2.96. The molecule has 1 amide bonds. The molecule has 78 valence electrons. The summed E-state index contributed by atoms with van der Waals surface area (Å²) in [6.45, 7) is 1.74. The van der Waals surface area contributed by atoms with E-state index in [0.29, 0.717) is 10.2 Å². The van der Waals surface area contributed by atoms with Crippen molar-refractivity contribution in [3.63, 3.8) is 0 Å². The third kappa shape index (κ3) is 3.03. The van der Waals surface area contributed by atoms with Crippen LogP contribution in [0.5, 0.6) is 0 Å². The van der Waals surface area contributed by atoms with Gasteiger partial charge in [0.1, 0.15) is 12.2 Å². The number of hydrogen-bond acceptors (Lipinski definition) is 2. The summed E-state index contributed by atoms with van der Waals surface area (Å²) in [5, 5.41) is 10.7. The first-order valence-electron chi connectivity index (χ1n) is 4.17. The Bertz CT molecular complexity index is 440. The zero-order chi connectivity index (χ0) is 11.4. The van der Waals surface area contributed by atoms with Gasteiger partial charge in [-0.15, -0.1) is 0 Å². The van der Waals surface area contributed by atoms with Crippen molar-refractivity contribution < 1.29 is 9.18 Å². The first-order chi connectivity index (χ1) is 7.04. The van der Waals surface area contributed by atoms with Crippen molar-refractivity contribution in [2.75, 3.05) is 5.32 Å². The van der Waals surface area contributed by atoms with Gasteiger partial charge in [-0.2, -0.15) is 5.26 Å². The fourth-order valence-electron chi connectivity index (χ4n) is 1.05. The van der Waals surface area contributed by atoms with Crippen LogP contribution in [0.1, 0.15) is 12.0 Å². The fraction of sp³-hybridized carbons (Fsp3) is 0.200. The Hall–Kier alpha value is -1.41. The van der Waals surface area contributed by atoms with Crippen molar-refractivity contribution in [2.24, 2.45) is 0 Å². The van der Waals surface area contributed by atoms with Gasteiger partial charge in [-0.1, -0.05) is 0 Å². The van der Waals surface area contributed by atoms with E-state index in [4.69, 9.17) is 5.26 Å². The molecule has 0 aliphatic heterocycles. The van der Waals surface area contributed by atoms with Gasteiger partial charge in [-0.3, -0.25) is 4.79 Å². The smallest absolute Gasteiger partial charge is 0.238 e. The van der Waals surface area contributed by atoms with Gasteiger partial charge in [-0.05, 0) is 40.5 Å². The topological polar surface area (TPSA) is 52.9 Å². The molecule has 0 bridgehead atoms. The van der Waals surface area contributed by atoms with Gasteiger partial charge in [0, 0.05) is 5.69 Å². The summed E-state index contributed by atoms with van der Waals surface area (Å²) in [4.78, 5) is 11.1. The Morgan fingerprint density at radius 2 is 2.33 bits per heavy atom. The van der Waals surface area contributed by atoms with E-state index in [0.717, 1.165) is 5.56 Å². The van der Waals surface area contributed by atoms with Gasteiger partial charge in [-0.25, -0.2) is 4.39 Å². The first-order valence-corrected chi connectivity index (χ1v) is 4.96. The molecule has 1 rings (SSSR count).